The molecule has 5 heteroatoms. The van der Waals surface area contributed by atoms with E-state index in [1.807, 2.05) is 0 Å². The van der Waals surface area contributed by atoms with Gasteiger partial charge in [-0.05, 0) is 82.9 Å². The monoisotopic (exact) mass is 617 g/mol. The van der Waals surface area contributed by atoms with Crippen molar-refractivity contribution < 1.29 is 0 Å². The molecule has 0 saturated heterocycles. The number of imidazole rings is 1. The van der Waals surface area contributed by atoms with Gasteiger partial charge in [-0.25, -0.2) is 4.98 Å². The predicted molar refractivity (Wildman–Crippen MR) is 200 cm³/mol. The molecule has 228 valence electrons. The highest BCUT2D eigenvalue weighted by atomic mass is 15.2. The van der Waals surface area contributed by atoms with Crippen LogP contribution in [0.3, 0.4) is 0 Å². The maximum atomic E-state index is 5.29. The summed E-state index contributed by atoms with van der Waals surface area (Å²) in [5.41, 5.74) is 15.9. The number of aromatic nitrogens is 2. The Hall–Kier alpha value is -6.33. The Morgan fingerprint density at radius 3 is 2.38 bits per heavy atom. The number of fused-ring (bicyclic) bond motifs is 10. The van der Waals surface area contributed by atoms with E-state index in [2.05, 4.69) is 178 Å². The van der Waals surface area contributed by atoms with Crippen LogP contribution in [0.4, 0.5) is 28.4 Å². The normalized spacial score (nSPS) is 15.3. The summed E-state index contributed by atoms with van der Waals surface area (Å²) in [4.78, 5) is 7.68. The lowest BCUT2D eigenvalue weighted by Crippen LogP contribution is -2.12. The van der Waals surface area contributed by atoms with E-state index in [-0.39, 0.29) is 6.04 Å². The van der Waals surface area contributed by atoms with Crippen LogP contribution in [0.15, 0.2) is 146 Å². The van der Waals surface area contributed by atoms with Gasteiger partial charge < -0.3 is 15.5 Å². The number of hydrogen-bond acceptors (Lipinski definition) is 4. The van der Waals surface area contributed by atoms with Crippen molar-refractivity contribution in [2.45, 2.75) is 6.04 Å². The van der Waals surface area contributed by atoms with Gasteiger partial charge in [-0.3, -0.25) is 4.57 Å². The second-order valence-electron chi connectivity index (χ2n) is 12.5. The van der Waals surface area contributed by atoms with E-state index in [0.717, 1.165) is 63.1 Å². The molecular formula is C43H31N5. The van der Waals surface area contributed by atoms with Gasteiger partial charge >= 0.3 is 0 Å². The molecule has 1 atom stereocenters. The number of anilines is 5. The van der Waals surface area contributed by atoms with Gasteiger partial charge in [0.15, 0.2) is 0 Å². The number of nitrogens with zero attached hydrogens (tertiary/aromatic N) is 3. The summed E-state index contributed by atoms with van der Waals surface area (Å²) in [6.45, 7) is 0.827. The second-order valence-corrected chi connectivity index (χ2v) is 12.5. The van der Waals surface area contributed by atoms with Gasteiger partial charge in [0.1, 0.15) is 5.82 Å². The topological polar surface area (TPSA) is 45.1 Å². The Balaban J connectivity index is 1.12. The summed E-state index contributed by atoms with van der Waals surface area (Å²) in [6, 6.07) is 48.0. The molecule has 2 N–H and O–H groups in total. The first kappa shape index (κ1) is 26.8. The van der Waals surface area contributed by atoms with Crippen molar-refractivity contribution in [1.82, 2.24) is 9.55 Å². The fraction of sp³-hybridized carbons (Fsp3) is 0.0465. The minimum Gasteiger partial charge on any atom is -0.381 e. The molecule has 48 heavy (non-hydrogen) atoms. The van der Waals surface area contributed by atoms with E-state index in [4.69, 9.17) is 4.98 Å². The van der Waals surface area contributed by atoms with E-state index in [9.17, 15) is 0 Å². The van der Waals surface area contributed by atoms with Crippen molar-refractivity contribution in [3.8, 4) is 28.2 Å². The first-order chi connectivity index (χ1) is 23.8. The average molecular weight is 618 g/mol. The Morgan fingerprint density at radius 1 is 0.646 bits per heavy atom. The molecular weight excluding hydrogens is 587 g/mol. The summed E-state index contributed by atoms with van der Waals surface area (Å²) < 4.78 is 2.36. The molecule has 0 bridgehead atoms. The van der Waals surface area contributed by atoms with Crippen LogP contribution in [0.1, 0.15) is 22.7 Å². The number of benzene rings is 6. The van der Waals surface area contributed by atoms with Gasteiger partial charge in [-0.1, -0.05) is 97.1 Å². The number of rotatable bonds is 3. The largest absolute Gasteiger partial charge is 0.381 e. The molecule has 3 aliphatic heterocycles. The summed E-state index contributed by atoms with van der Waals surface area (Å²) in [5, 5.41) is 7.26. The van der Waals surface area contributed by atoms with Crippen LogP contribution >= 0.6 is 0 Å². The lowest BCUT2D eigenvalue weighted by atomic mass is 9.96. The lowest BCUT2D eigenvalue weighted by molar-refractivity contribution is 0.979. The highest BCUT2D eigenvalue weighted by Gasteiger charge is 2.30. The van der Waals surface area contributed by atoms with Crippen molar-refractivity contribution in [2.24, 2.45) is 0 Å². The Bertz CT molecular complexity index is 2470. The SMILES string of the molecule is C1=Cc2c(ccc3nc4n(c23)-c2ccccc2N(c2cccc(-c3cccc(C5C=Cc6ccccc6N5)c3)c2)c2ccccc2-4)NC1. The van der Waals surface area contributed by atoms with Crippen molar-refractivity contribution in [3.63, 3.8) is 0 Å². The highest BCUT2D eigenvalue weighted by molar-refractivity contribution is 6.01. The Kier molecular flexibility index (Phi) is 5.93. The third kappa shape index (κ3) is 4.14. The first-order valence-electron chi connectivity index (χ1n) is 16.5. The van der Waals surface area contributed by atoms with Crippen LogP contribution in [0.5, 0.6) is 0 Å². The minimum atomic E-state index is 0.111. The van der Waals surface area contributed by atoms with E-state index < -0.39 is 0 Å². The second kappa shape index (κ2) is 10.6. The number of para-hydroxylation sites is 4. The molecule has 0 aliphatic carbocycles. The predicted octanol–water partition coefficient (Wildman–Crippen LogP) is 10.8. The molecule has 7 aromatic rings. The van der Waals surface area contributed by atoms with Crippen molar-refractivity contribution in [1.29, 1.82) is 0 Å². The third-order valence-corrected chi connectivity index (χ3v) is 9.73. The number of hydrogen-bond donors (Lipinski definition) is 2. The van der Waals surface area contributed by atoms with E-state index in [0.29, 0.717) is 0 Å². The maximum Gasteiger partial charge on any atom is 0.147 e. The summed E-state index contributed by atoms with van der Waals surface area (Å²) in [5.74, 6) is 0.946. The van der Waals surface area contributed by atoms with E-state index in [1.54, 1.807) is 0 Å². The van der Waals surface area contributed by atoms with Gasteiger partial charge in [0.2, 0.25) is 0 Å². The number of nitrogens with one attached hydrogen (secondary N) is 2. The van der Waals surface area contributed by atoms with Gasteiger partial charge in [0, 0.05) is 34.7 Å². The summed E-state index contributed by atoms with van der Waals surface area (Å²) in [7, 11) is 0. The van der Waals surface area contributed by atoms with Crippen LogP contribution in [-0.2, 0) is 0 Å². The minimum absolute atomic E-state index is 0.111. The standard InChI is InChI=1S/C43H31N5/c1-3-17-35-28(10-1)21-22-36(45-35)31-13-7-11-29(26-31)30-12-8-14-32(27-30)47-39-18-4-2-15-34(39)43-46-38-24-23-37-33(16-9-25-44-37)42(38)48(43)41-20-6-5-19-40(41)47/h1-24,26-27,36,44-45H,25H2. The third-order valence-electron chi connectivity index (χ3n) is 9.73. The van der Waals surface area contributed by atoms with Crippen LogP contribution in [0, 0.1) is 0 Å². The van der Waals surface area contributed by atoms with Crippen molar-refractivity contribution >= 4 is 51.6 Å². The van der Waals surface area contributed by atoms with Gasteiger partial charge in [-0.15, -0.1) is 0 Å². The Morgan fingerprint density at radius 2 is 1.44 bits per heavy atom. The van der Waals surface area contributed by atoms with Crippen LogP contribution in [-0.4, -0.2) is 16.1 Å². The Labute approximate surface area is 279 Å². The van der Waals surface area contributed by atoms with Crippen molar-refractivity contribution in [3.05, 3.63) is 162 Å². The maximum absolute atomic E-state index is 5.29. The molecule has 4 heterocycles. The zero-order valence-electron chi connectivity index (χ0n) is 26.1. The molecule has 1 aromatic heterocycles. The first-order valence-corrected chi connectivity index (χ1v) is 16.5. The van der Waals surface area contributed by atoms with Crippen molar-refractivity contribution in [2.75, 3.05) is 22.1 Å². The fourth-order valence-corrected chi connectivity index (χ4v) is 7.50. The molecule has 0 fully saturated rings. The summed E-state index contributed by atoms with van der Waals surface area (Å²) >= 11 is 0. The zero-order chi connectivity index (χ0) is 31.6. The quantitative estimate of drug-likeness (QED) is 0.207. The molecule has 0 radical (unpaired) electrons. The molecule has 10 rings (SSSR count). The summed E-state index contributed by atoms with van der Waals surface area (Å²) in [6.07, 6.45) is 8.88. The fourth-order valence-electron chi connectivity index (χ4n) is 7.50. The van der Waals surface area contributed by atoms with Crippen LogP contribution in [0.2, 0.25) is 0 Å². The van der Waals surface area contributed by atoms with Gasteiger partial charge in [-0.2, -0.15) is 0 Å². The molecule has 1 unspecified atom stereocenters. The molecule has 6 aromatic carbocycles. The lowest BCUT2D eigenvalue weighted by Gasteiger charge is -2.27. The average Bonchev–Trinajstić information content (AvgIpc) is 3.50. The van der Waals surface area contributed by atoms with Crippen LogP contribution in [0.25, 0.3) is 51.4 Å². The van der Waals surface area contributed by atoms with E-state index in [1.165, 1.54) is 27.8 Å². The van der Waals surface area contributed by atoms with Gasteiger partial charge in [0.05, 0.1) is 34.1 Å². The zero-order valence-corrected chi connectivity index (χ0v) is 26.1. The van der Waals surface area contributed by atoms with Gasteiger partial charge in [0.25, 0.3) is 0 Å². The molecule has 0 spiro atoms. The molecule has 3 aliphatic rings. The molecule has 5 nitrogen and oxygen atoms in total. The smallest absolute Gasteiger partial charge is 0.147 e. The molecule has 0 amide bonds. The van der Waals surface area contributed by atoms with E-state index >= 15 is 0 Å². The van der Waals surface area contributed by atoms with Crippen LogP contribution < -0.4 is 15.5 Å². The highest BCUT2D eigenvalue weighted by Crippen LogP contribution is 2.49. The molecule has 0 saturated carbocycles.